The van der Waals surface area contributed by atoms with E-state index in [1.807, 2.05) is 50.2 Å². The minimum Gasteiger partial charge on any atom is -0.495 e. The molecule has 0 aliphatic heterocycles. The van der Waals surface area contributed by atoms with E-state index in [0.717, 1.165) is 43.2 Å². The second-order valence-corrected chi connectivity index (χ2v) is 10.8. The molecule has 0 saturated heterocycles. The summed E-state index contributed by atoms with van der Waals surface area (Å²) in [6.07, 6.45) is 5.12. The summed E-state index contributed by atoms with van der Waals surface area (Å²) in [5.74, 6) is 2.17. The second kappa shape index (κ2) is 8.33. The van der Waals surface area contributed by atoms with E-state index in [1.54, 1.807) is 14.2 Å². The van der Waals surface area contributed by atoms with Crippen LogP contribution < -0.4 is 20.1 Å². The zero-order valence-electron chi connectivity index (χ0n) is 20.5. The van der Waals surface area contributed by atoms with Crippen LogP contribution in [0.15, 0.2) is 36.4 Å². The third-order valence-corrected chi connectivity index (χ3v) is 8.23. The molecule has 2 aromatic carbocycles. The molecule has 4 aliphatic rings. The van der Waals surface area contributed by atoms with E-state index in [0.29, 0.717) is 41.1 Å². The van der Waals surface area contributed by atoms with Crippen molar-refractivity contribution in [2.24, 2.45) is 22.7 Å². The number of anilines is 2. The summed E-state index contributed by atoms with van der Waals surface area (Å²) in [5.41, 5.74) is 2.50. The van der Waals surface area contributed by atoms with Gasteiger partial charge >= 0.3 is 0 Å². The van der Waals surface area contributed by atoms with E-state index < -0.39 is 10.8 Å². The van der Waals surface area contributed by atoms with Crippen molar-refractivity contribution in [3.8, 4) is 11.5 Å². The van der Waals surface area contributed by atoms with Crippen LogP contribution in [0.4, 0.5) is 11.4 Å². The zero-order chi connectivity index (χ0) is 24.1. The van der Waals surface area contributed by atoms with Crippen molar-refractivity contribution >= 4 is 23.2 Å². The Morgan fingerprint density at radius 2 is 1.18 bits per heavy atom. The van der Waals surface area contributed by atoms with Gasteiger partial charge in [0.25, 0.3) is 0 Å². The number of amides is 2. The highest BCUT2D eigenvalue weighted by molar-refractivity contribution is 6.00. The van der Waals surface area contributed by atoms with Crippen molar-refractivity contribution in [2.75, 3.05) is 24.9 Å². The molecule has 6 rings (SSSR count). The average Bonchev–Trinajstić information content (AvgIpc) is 2.80. The van der Waals surface area contributed by atoms with Crippen LogP contribution in [0.3, 0.4) is 0 Å². The van der Waals surface area contributed by atoms with Crippen LogP contribution in [0, 0.1) is 36.5 Å². The first-order valence-corrected chi connectivity index (χ1v) is 12.2. The van der Waals surface area contributed by atoms with Gasteiger partial charge in [0.15, 0.2) is 0 Å². The molecule has 4 aliphatic carbocycles. The highest BCUT2D eigenvalue weighted by atomic mass is 16.5. The first-order chi connectivity index (χ1) is 16.3. The van der Waals surface area contributed by atoms with Gasteiger partial charge in [-0.15, -0.1) is 0 Å². The Hall–Kier alpha value is -3.02. The van der Waals surface area contributed by atoms with E-state index in [2.05, 4.69) is 10.6 Å². The molecular formula is C28H34N2O4. The Labute approximate surface area is 201 Å². The highest BCUT2D eigenvalue weighted by Gasteiger charge is 2.63. The molecule has 180 valence electrons. The summed E-state index contributed by atoms with van der Waals surface area (Å²) >= 11 is 0. The number of methoxy groups -OCH3 is 2. The molecule has 0 unspecified atom stereocenters. The lowest BCUT2D eigenvalue weighted by Gasteiger charge is -2.60. The van der Waals surface area contributed by atoms with Crippen LogP contribution in [0.5, 0.6) is 11.5 Å². The molecule has 0 atom stereocenters. The maximum absolute atomic E-state index is 13.8. The van der Waals surface area contributed by atoms with Crippen molar-refractivity contribution in [3.63, 3.8) is 0 Å². The first-order valence-electron chi connectivity index (χ1n) is 12.2. The SMILES string of the molecule is COc1cc(C)ccc1NC(=O)C12CC3CC(C1)CC(C(=O)Nc1ccc(C)cc1OC)(C3)C2. The number of benzene rings is 2. The lowest BCUT2D eigenvalue weighted by Crippen LogP contribution is -2.59. The smallest absolute Gasteiger partial charge is 0.230 e. The fourth-order valence-electron chi connectivity index (χ4n) is 7.11. The summed E-state index contributed by atoms with van der Waals surface area (Å²) in [7, 11) is 3.24. The average molecular weight is 463 g/mol. The fourth-order valence-corrected chi connectivity index (χ4v) is 7.11. The maximum Gasteiger partial charge on any atom is 0.230 e. The van der Waals surface area contributed by atoms with Gasteiger partial charge in [0.1, 0.15) is 11.5 Å². The molecule has 6 nitrogen and oxygen atoms in total. The summed E-state index contributed by atoms with van der Waals surface area (Å²) in [6, 6.07) is 11.6. The molecule has 4 bridgehead atoms. The molecule has 0 spiro atoms. The van der Waals surface area contributed by atoms with E-state index in [-0.39, 0.29) is 11.8 Å². The molecule has 4 fully saturated rings. The lowest BCUT2D eigenvalue weighted by molar-refractivity contribution is -0.161. The third kappa shape index (κ3) is 3.83. The molecule has 0 radical (unpaired) electrons. The minimum absolute atomic E-state index is 0.0221. The number of hydrogen-bond donors (Lipinski definition) is 2. The van der Waals surface area contributed by atoms with E-state index in [4.69, 9.17) is 9.47 Å². The molecule has 2 aromatic rings. The number of rotatable bonds is 6. The van der Waals surface area contributed by atoms with Gasteiger partial charge in [0.2, 0.25) is 11.8 Å². The largest absolute Gasteiger partial charge is 0.495 e. The predicted octanol–water partition coefficient (Wildman–Crippen LogP) is 5.48. The van der Waals surface area contributed by atoms with Crippen molar-refractivity contribution in [1.29, 1.82) is 0 Å². The summed E-state index contributed by atoms with van der Waals surface area (Å²) in [6.45, 7) is 4.00. The maximum atomic E-state index is 13.8. The van der Waals surface area contributed by atoms with Gasteiger partial charge in [0.05, 0.1) is 36.4 Å². The van der Waals surface area contributed by atoms with Gasteiger partial charge in [-0.05, 0) is 99.6 Å². The molecule has 0 aromatic heterocycles. The second-order valence-electron chi connectivity index (χ2n) is 10.8. The minimum atomic E-state index is -0.519. The first kappa shape index (κ1) is 22.8. The van der Waals surface area contributed by atoms with E-state index in [1.165, 1.54) is 0 Å². The zero-order valence-corrected chi connectivity index (χ0v) is 20.5. The molecule has 2 amide bonds. The van der Waals surface area contributed by atoms with Gasteiger partial charge in [-0.2, -0.15) is 0 Å². The predicted molar refractivity (Wildman–Crippen MR) is 132 cm³/mol. The standard InChI is InChI=1S/C28H34N2O4/c1-17-5-7-21(23(9-17)33-3)29-25(31)27-12-19-11-20(13-27)15-28(14-19,16-27)26(32)30-22-8-6-18(2)10-24(22)34-4/h5-10,19-20H,11-16H2,1-4H3,(H,29,31)(H,30,32). The van der Waals surface area contributed by atoms with Crippen LogP contribution in [0.1, 0.15) is 49.7 Å². The van der Waals surface area contributed by atoms with Crippen LogP contribution in [0.2, 0.25) is 0 Å². The monoisotopic (exact) mass is 462 g/mol. The Morgan fingerprint density at radius 1 is 0.765 bits per heavy atom. The summed E-state index contributed by atoms with van der Waals surface area (Å²) in [4.78, 5) is 27.5. The van der Waals surface area contributed by atoms with Gasteiger partial charge in [-0.25, -0.2) is 0 Å². The van der Waals surface area contributed by atoms with Gasteiger partial charge in [-0.3, -0.25) is 9.59 Å². The quantitative estimate of drug-likeness (QED) is 0.596. The van der Waals surface area contributed by atoms with Crippen LogP contribution >= 0.6 is 0 Å². The van der Waals surface area contributed by atoms with Crippen molar-refractivity contribution < 1.29 is 19.1 Å². The molecule has 2 N–H and O–H groups in total. The summed E-state index contributed by atoms with van der Waals surface area (Å²) in [5, 5.41) is 6.32. The molecule has 4 saturated carbocycles. The Balaban J connectivity index is 1.41. The Bertz CT molecular complexity index is 1040. The molecule has 6 heteroatoms. The number of carbonyl (C=O) groups excluding carboxylic acids is 2. The number of carbonyl (C=O) groups is 2. The molecular weight excluding hydrogens is 428 g/mol. The number of hydrogen-bond acceptors (Lipinski definition) is 4. The van der Waals surface area contributed by atoms with Crippen LogP contribution in [-0.2, 0) is 9.59 Å². The van der Waals surface area contributed by atoms with Gasteiger partial charge < -0.3 is 20.1 Å². The van der Waals surface area contributed by atoms with Gasteiger partial charge in [-0.1, -0.05) is 12.1 Å². The topological polar surface area (TPSA) is 76.7 Å². The number of aryl methyl sites for hydroxylation is 2. The Morgan fingerprint density at radius 3 is 1.56 bits per heavy atom. The third-order valence-electron chi connectivity index (χ3n) is 8.23. The molecule has 0 heterocycles. The highest BCUT2D eigenvalue weighted by Crippen LogP contribution is 2.65. The molecule has 34 heavy (non-hydrogen) atoms. The summed E-state index contributed by atoms with van der Waals surface area (Å²) < 4.78 is 11.0. The van der Waals surface area contributed by atoms with E-state index >= 15 is 0 Å². The van der Waals surface area contributed by atoms with Crippen LogP contribution in [0.25, 0.3) is 0 Å². The number of nitrogens with one attached hydrogen (secondary N) is 2. The normalized spacial score (nSPS) is 28.9. The van der Waals surface area contributed by atoms with Crippen molar-refractivity contribution in [2.45, 2.75) is 52.4 Å². The number of ether oxygens (including phenoxy) is 2. The van der Waals surface area contributed by atoms with Crippen molar-refractivity contribution in [1.82, 2.24) is 0 Å². The Kier molecular flexibility index (Phi) is 5.58. The van der Waals surface area contributed by atoms with Crippen molar-refractivity contribution in [3.05, 3.63) is 47.5 Å². The lowest BCUT2D eigenvalue weighted by atomic mass is 9.43. The van der Waals surface area contributed by atoms with Crippen LogP contribution in [-0.4, -0.2) is 26.0 Å². The van der Waals surface area contributed by atoms with E-state index in [9.17, 15) is 9.59 Å². The van der Waals surface area contributed by atoms with Gasteiger partial charge in [0, 0.05) is 0 Å². The fraction of sp³-hybridized carbons (Fsp3) is 0.500.